The topological polar surface area (TPSA) is 170 Å². The number of imidazole rings is 2. The summed E-state index contributed by atoms with van der Waals surface area (Å²) < 4.78 is 21.9. The molecule has 248 valence electrons. The molecule has 0 saturated carbocycles. The second-order valence-electron chi connectivity index (χ2n) is 10.6. The number of hydrogen-bond donors (Lipinski definition) is 3. The van der Waals surface area contributed by atoms with Crippen molar-refractivity contribution in [2.45, 2.75) is 44.2 Å². The van der Waals surface area contributed by atoms with Gasteiger partial charge in [0.1, 0.15) is 11.5 Å². The Hall–Kier alpha value is -5.27. The van der Waals surface area contributed by atoms with E-state index < -0.39 is 11.9 Å². The molecule has 0 saturated heterocycles. The fraction of sp³-hybridized carbons (Fsp3) is 0.364. The van der Waals surface area contributed by atoms with E-state index in [-0.39, 0.29) is 24.9 Å². The Bertz CT molecular complexity index is 1450. The normalized spacial score (nSPS) is 14.4. The van der Waals surface area contributed by atoms with E-state index in [0.29, 0.717) is 7.60 Å². The molecule has 2 aromatic heterocycles. The van der Waals surface area contributed by atoms with Crippen LogP contribution in [0, 0.1) is 5.31 Å². The number of ether oxygens (including phenoxy) is 2. The molecule has 0 spiro atoms. The molecule has 14 heteroatoms. The van der Waals surface area contributed by atoms with Crippen molar-refractivity contribution in [1.82, 2.24) is 24.4 Å². The van der Waals surface area contributed by atoms with Crippen molar-refractivity contribution >= 4 is 25.4 Å². The Balaban J connectivity index is 0.000000196. The fourth-order valence-corrected chi connectivity index (χ4v) is 5.35. The minimum atomic E-state index is -1.09. The van der Waals surface area contributed by atoms with Crippen molar-refractivity contribution in [2.75, 3.05) is 33.9 Å². The summed E-state index contributed by atoms with van der Waals surface area (Å²) in [7, 11) is 3.68. The first kappa shape index (κ1) is 34.6. The molecule has 2 aromatic carbocycles. The van der Waals surface area contributed by atoms with Gasteiger partial charge in [0.15, 0.2) is 0 Å². The van der Waals surface area contributed by atoms with Gasteiger partial charge in [-0.1, -0.05) is 24.3 Å². The summed E-state index contributed by atoms with van der Waals surface area (Å²) in [6.45, 7) is 3.79. The predicted octanol–water partition coefficient (Wildman–Crippen LogP) is 2.41. The second kappa shape index (κ2) is 19.3. The zero-order chi connectivity index (χ0) is 34.7. The molecule has 0 bridgehead atoms. The number of carboxylic acid groups (broad SMARTS) is 2. The van der Waals surface area contributed by atoms with Crippen LogP contribution in [0.3, 0.4) is 0 Å². The second-order valence-corrected chi connectivity index (χ2v) is 10.6. The number of carboxylic acids is 2. The molecular formula is C33H42BN7O6. The molecule has 47 heavy (non-hydrogen) atoms. The number of nitrogens with one attached hydrogen (secondary N) is 2. The molecule has 2 unspecified atom stereocenters. The van der Waals surface area contributed by atoms with E-state index in [1.807, 2.05) is 36.4 Å². The zero-order valence-electron chi connectivity index (χ0n) is 27.7. The number of amidine groups is 1. The van der Waals surface area contributed by atoms with Gasteiger partial charge in [0.25, 0.3) is 0 Å². The monoisotopic (exact) mass is 644 g/mol. The van der Waals surface area contributed by atoms with Gasteiger partial charge < -0.3 is 33.6 Å². The Kier molecular flexibility index (Phi) is 14.2. The maximum atomic E-state index is 10.9. The maximum absolute atomic E-state index is 10.9. The van der Waals surface area contributed by atoms with E-state index in [4.69, 9.17) is 21.2 Å². The molecule has 4 aromatic rings. The van der Waals surface area contributed by atoms with Gasteiger partial charge in [0.05, 0.1) is 71.4 Å². The first-order valence-electron chi connectivity index (χ1n) is 15.7. The van der Waals surface area contributed by atoms with Gasteiger partial charge in [0.2, 0.25) is 5.84 Å². The van der Waals surface area contributed by atoms with Crippen LogP contribution in [-0.4, -0.2) is 89.4 Å². The van der Waals surface area contributed by atoms with Gasteiger partial charge in [-0.05, 0) is 41.8 Å². The van der Waals surface area contributed by atoms with Crippen molar-refractivity contribution in [3.05, 3.63) is 97.1 Å². The van der Waals surface area contributed by atoms with Crippen LogP contribution < -0.4 is 19.9 Å². The Morgan fingerprint density at radius 2 is 1.45 bits per heavy atom. The number of nitrogens with zero attached hydrogens (tertiary/aromatic N) is 5. The van der Waals surface area contributed by atoms with E-state index in [2.05, 4.69) is 19.9 Å². The van der Waals surface area contributed by atoms with Gasteiger partial charge in [0, 0.05) is 43.6 Å². The summed E-state index contributed by atoms with van der Waals surface area (Å²) in [5, 5.41) is 29.0. The van der Waals surface area contributed by atoms with Gasteiger partial charge in [-0.25, -0.2) is 9.97 Å². The van der Waals surface area contributed by atoms with Crippen LogP contribution >= 0.6 is 0 Å². The van der Waals surface area contributed by atoms with Gasteiger partial charge in [-0.3, -0.25) is 14.7 Å². The van der Waals surface area contributed by atoms with E-state index in [0.717, 1.165) is 22.6 Å². The van der Waals surface area contributed by atoms with Crippen molar-refractivity contribution in [2.24, 2.45) is 0 Å². The van der Waals surface area contributed by atoms with E-state index in [9.17, 15) is 14.7 Å². The molecule has 2 aliphatic heterocycles. The third kappa shape index (κ3) is 11.2. The molecule has 2 aliphatic rings. The average molecular weight is 645 g/mol. The summed E-state index contributed by atoms with van der Waals surface area (Å²) in [6.07, 6.45) is 13.9. The Morgan fingerprint density at radius 1 is 0.957 bits per heavy atom. The molecule has 13 nitrogen and oxygen atoms in total. The molecule has 0 aliphatic carbocycles. The number of aliphatic carboxylic acids is 2. The number of carbonyl (C=O) groups excluding carboxylic acids is 1. The molecule has 0 radical (unpaired) electrons. The first-order chi connectivity index (χ1) is 23.3. The van der Waals surface area contributed by atoms with Crippen molar-refractivity contribution in [1.29, 1.82) is 6.65 Å². The molecule has 0 fully saturated rings. The number of carbonyl (C=O) groups is 2. The third-order valence-corrected chi connectivity index (χ3v) is 7.66. The van der Waals surface area contributed by atoms with Crippen LogP contribution in [0.4, 0.5) is 0 Å². The van der Waals surface area contributed by atoms with Crippen LogP contribution in [0.2, 0.25) is 0 Å². The molecule has 6 rings (SSSR count). The first-order valence-corrected chi connectivity index (χ1v) is 15.2. The van der Waals surface area contributed by atoms with Crippen LogP contribution in [0.5, 0.6) is 11.5 Å². The number of rotatable bonds is 10. The summed E-state index contributed by atoms with van der Waals surface area (Å²) in [5.74, 6) is 1.05. The van der Waals surface area contributed by atoms with E-state index in [1.165, 1.54) is 44.7 Å². The molecule has 4 heterocycles. The van der Waals surface area contributed by atoms with Crippen molar-refractivity contribution in [3.63, 3.8) is 0 Å². The van der Waals surface area contributed by atoms with Gasteiger partial charge >= 0.3 is 20.2 Å². The molecule has 0 amide bonds. The summed E-state index contributed by atoms with van der Waals surface area (Å²) in [4.78, 5) is 29.7. The van der Waals surface area contributed by atoms with Crippen molar-refractivity contribution < 1.29 is 33.9 Å². The SMILES string of the molecule is C1CNC2=[N+](C1)CCC2.COc1ccc(C(CC(=O)O)n2ccnc2)cc1.COc1ccc(C(CC(=O)[O-])n2ccnc2)cc1.[2H]B=N. The van der Waals surface area contributed by atoms with Crippen LogP contribution in [0.15, 0.2) is 86.0 Å². The number of hydrogen-bond acceptors (Lipinski definition) is 9. The summed E-state index contributed by atoms with van der Waals surface area (Å²) in [5.41, 5.74) is 1.79. The quantitative estimate of drug-likeness (QED) is 0.173. The van der Waals surface area contributed by atoms with E-state index >= 15 is 0 Å². The molecule has 2 atom stereocenters. The zero-order valence-corrected chi connectivity index (χ0v) is 26.7. The number of benzene rings is 2. The van der Waals surface area contributed by atoms with Crippen molar-refractivity contribution in [3.8, 4) is 11.5 Å². The third-order valence-electron chi connectivity index (χ3n) is 7.66. The van der Waals surface area contributed by atoms with Crippen LogP contribution in [0.1, 0.15) is 55.3 Å². The Morgan fingerprint density at radius 3 is 1.85 bits per heavy atom. The van der Waals surface area contributed by atoms with E-state index in [1.54, 1.807) is 72.9 Å². The van der Waals surface area contributed by atoms with Gasteiger partial charge in [-0.2, -0.15) is 0 Å². The minimum absolute atomic E-state index is 0.0166. The Labute approximate surface area is 276 Å². The average Bonchev–Trinajstić information content (AvgIpc) is 3.91. The predicted molar refractivity (Wildman–Crippen MR) is 175 cm³/mol. The molecule has 3 N–H and O–H groups in total. The fourth-order valence-electron chi connectivity index (χ4n) is 5.35. The van der Waals surface area contributed by atoms with Gasteiger partial charge in [-0.15, -0.1) is 0 Å². The van der Waals surface area contributed by atoms with Crippen LogP contribution in [0.25, 0.3) is 0 Å². The summed E-state index contributed by atoms with van der Waals surface area (Å²) >= 11 is 0. The standard InChI is InChI=1S/2C13H14N2O3.C7H12N2.BH2N/c2*1-18-11-4-2-10(3-5-11)12(8-13(16)17)15-7-6-14-9-15;1-3-7-8-4-2-6-9(7)5-1;1-2/h2*2-7,9,12H,8H2,1H3,(H,16,17);1-6H2;1-2H/i;;;1D. The summed E-state index contributed by atoms with van der Waals surface area (Å²) in [6, 6.07) is 14.1. The number of methoxy groups -OCH3 is 2. The number of aromatic nitrogens is 4. The van der Waals surface area contributed by atoms with Crippen LogP contribution in [-0.2, 0) is 9.59 Å². The molecular weight excluding hydrogens is 601 g/mol.